The Kier molecular flexibility index (Phi) is 8.43. The maximum absolute atomic E-state index is 13.7. The minimum Gasteiger partial charge on any atom is -0.497 e. The number of likely N-dealkylation sites (N-methyl/N-ethyl adjacent to an activating group) is 1. The first-order valence-electron chi connectivity index (χ1n) is 12.2. The fourth-order valence-electron chi connectivity index (χ4n) is 4.86. The number of carbonyl (C=O) groups excluding carboxylic acids is 2. The van der Waals surface area contributed by atoms with Crippen LogP contribution in [0, 0.1) is 13.8 Å². The van der Waals surface area contributed by atoms with Crippen molar-refractivity contribution in [3.05, 3.63) is 58.8 Å². The summed E-state index contributed by atoms with van der Waals surface area (Å²) in [6.45, 7) is 8.47. The van der Waals surface area contributed by atoms with Gasteiger partial charge < -0.3 is 19.5 Å². The molecular formula is C29H36N2O6. The van der Waals surface area contributed by atoms with Gasteiger partial charge in [-0.2, -0.15) is 0 Å². The van der Waals surface area contributed by atoms with E-state index in [4.69, 9.17) is 14.6 Å². The molecule has 1 heterocycles. The predicted octanol–water partition coefficient (Wildman–Crippen LogP) is 4.76. The highest BCUT2D eigenvalue weighted by molar-refractivity contribution is 5.96. The molecule has 0 unspecified atom stereocenters. The molecule has 1 aromatic heterocycles. The number of methoxy groups -OCH3 is 1. The van der Waals surface area contributed by atoms with E-state index in [-0.39, 0.29) is 18.1 Å². The van der Waals surface area contributed by atoms with Gasteiger partial charge in [0.25, 0.3) is 0 Å². The van der Waals surface area contributed by atoms with Gasteiger partial charge in [0.05, 0.1) is 12.6 Å². The number of fused-ring (bicyclic) bond motifs is 1. The number of hydrogen-bond donors (Lipinski definition) is 1. The molecule has 3 rings (SSSR count). The van der Waals surface area contributed by atoms with Crippen LogP contribution >= 0.6 is 0 Å². The highest BCUT2D eigenvalue weighted by atomic mass is 16.5. The number of rotatable bonds is 10. The van der Waals surface area contributed by atoms with Gasteiger partial charge in [0.1, 0.15) is 17.9 Å². The maximum Gasteiger partial charge on any atom is 0.322 e. The van der Waals surface area contributed by atoms with Crippen LogP contribution in [-0.4, -0.2) is 60.2 Å². The summed E-state index contributed by atoms with van der Waals surface area (Å²) in [4.78, 5) is 39.0. The molecule has 198 valence electrons. The van der Waals surface area contributed by atoms with Crippen molar-refractivity contribution in [2.75, 3.05) is 27.7 Å². The van der Waals surface area contributed by atoms with Gasteiger partial charge in [-0.15, -0.1) is 0 Å². The summed E-state index contributed by atoms with van der Waals surface area (Å²) >= 11 is 0. The second kappa shape index (κ2) is 11.2. The maximum atomic E-state index is 13.7. The second-order valence-electron chi connectivity index (χ2n) is 10.4. The van der Waals surface area contributed by atoms with Crippen LogP contribution in [0.25, 0.3) is 10.9 Å². The summed E-state index contributed by atoms with van der Waals surface area (Å²) in [6.07, 6.45) is 2.09. The van der Waals surface area contributed by atoms with E-state index in [0.29, 0.717) is 5.56 Å². The van der Waals surface area contributed by atoms with Crippen molar-refractivity contribution >= 4 is 28.7 Å². The van der Waals surface area contributed by atoms with Crippen LogP contribution in [0.1, 0.15) is 53.7 Å². The SMILES string of the molecule is COc1ccc2c(c1)c(CCN(C)C)cn2C(=O)CC(C)(C)c1c(C)cc(C)cc1OC(=O)CC(=O)O. The van der Waals surface area contributed by atoms with Crippen LogP contribution in [0.3, 0.4) is 0 Å². The molecule has 3 aromatic rings. The molecular weight excluding hydrogens is 472 g/mol. The predicted molar refractivity (Wildman–Crippen MR) is 143 cm³/mol. The molecule has 0 aliphatic carbocycles. The Hall–Kier alpha value is -3.65. The molecule has 0 saturated carbocycles. The van der Waals surface area contributed by atoms with Crippen molar-refractivity contribution in [3.8, 4) is 11.5 Å². The fraction of sp³-hybridized carbons (Fsp3) is 0.414. The molecule has 0 saturated heterocycles. The standard InChI is InChI=1S/C29H36N2O6/c1-18-12-19(2)28(24(13-18)37-27(35)15-26(33)34)29(3,4)16-25(32)31-17-20(10-11-30(5)6)22-14-21(36-7)8-9-23(22)31/h8-9,12-14,17H,10-11,15-16H2,1-7H3,(H,33,34). The van der Waals surface area contributed by atoms with E-state index < -0.39 is 23.8 Å². The largest absolute Gasteiger partial charge is 0.497 e. The molecule has 2 aromatic carbocycles. The van der Waals surface area contributed by atoms with E-state index in [1.807, 2.05) is 72.3 Å². The highest BCUT2D eigenvalue weighted by Gasteiger charge is 2.32. The normalized spacial score (nSPS) is 11.7. The molecule has 8 nitrogen and oxygen atoms in total. The lowest BCUT2D eigenvalue weighted by molar-refractivity contribution is -0.145. The van der Waals surface area contributed by atoms with E-state index in [9.17, 15) is 14.4 Å². The Balaban J connectivity index is 2.00. The monoisotopic (exact) mass is 508 g/mol. The van der Waals surface area contributed by atoms with Gasteiger partial charge in [-0.25, -0.2) is 0 Å². The zero-order chi connectivity index (χ0) is 27.5. The zero-order valence-corrected chi connectivity index (χ0v) is 22.7. The topological polar surface area (TPSA) is 98.1 Å². The van der Waals surface area contributed by atoms with E-state index in [2.05, 4.69) is 4.90 Å². The number of aromatic nitrogens is 1. The van der Waals surface area contributed by atoms with Crippen LogP contribution < -0.4 is 9.47 Å². The van der Waals surface area contributed by atoms with Gasteiger partial charge in [0, 0.05) is 35.5 Å². The molecule has 8 heteroatoms. The van der Waals surface area contributed by atoms with Crippen LogP contribution in [-0.2, 0) is 21.4 Å². The van der Waals surface area contributed by atoms with Gasteiger partial charge in [-0.3, -0.25) is 19.0 Å². The van der Waals surface area contributed by atoms with Crippen molar-refractivity contribution in [3.63, 3.8) is 0 Å². The minimum absolute atomic E-state index is 0.0981. The molecule has 0 fully saturated rings. The van der Waals surface area contributed by atoms with Gasteiger partial charge in [-0.05, 0) is 75.3 Å². The summed E-state index contributed by atoms with van der Waals surface area (Å²) in [5.74, 6) is -1.19. The first-order chi connectivity index (χ1) is 17.3. The molecule has 37 heavy (non-hydrogen) atoms. The minimum atomic E-state index is -1.26. The van der Waals surface area contributed by atoms with Gasteiger partial charge in [-0.1, -0.05) is 19.9 Å². The number of benzene rings is 2. The molecule has 0 spiro atoms. The van der Waals surface area contributed by atoms with Crippen LogP contribution in [0.15, 0.2) is 36.5 Å². The number of nitrogens with zero attached hydrogens (tertiary/aromatic N) is 2. The Morgan fingerprint density at radius 3 is 2.41 bits per heavy atom. The van der Waals surface area contributed by atoms with Crippen LogP contribution in [0.4, 0.5) is 0 Å². The lowest BCUT2D eigenvalue weighted by Gasteiger charge is -2.29. The molecule has 0 aliphatic rings. The van der Waals surface area contributed by atoms with E-state index in [1.165, 1.54) is 0 Å². The number of carbonyl (C=O) groups is 3. The number of carboxylic acid groups (broad SMARTS) is 1. The Labute approximate surface area is 217 Å². The Morgan fingerprint density at radius 2 is 1.78 bits per heavy atom. The number of hydrogen-bond acceptors (Lipinski definition) is 6. The summed E-state index contributed by atoms with van der Waals surface area (Å²) in [6, 6.07) is 9.38. The van der Waals surface area contributed by atoms with E-state index in [1.54, 1.807) is 17.7 Å². The molecule has 1 N–H and O–H groups in total. The van der Waals surface area contributed by atoms with Crippen molar-refractivity contribution in [2.45, 2.75) is 52.4 Å². The molecule has 0 radical (unpaired) electrons. The third-order valence-corrected chi connectivity index (χ3v) is 6.42. The van der Waals surface area contributed by atoms with Crippen molar-refractivity contribution in [2.24, 2.45) is 0 Å². The third-order valence-electron chi connectivity index (χ3n) is 6.42. The zero-order valence-electron chi connectivity index (χ0n) is 22.7. The van der Waals surface area contributed by atoms with E-state index >= 15 is 0 Å². The quantitative estimate of drug-likeness (QED) is 0.240. The Bertz CT molecular complexity index is 1340. The number of carboxylic acids is 1. The summed E-state index contributed by atoms with van der Waals surface area (Å²) in [7, 11) is 5.65. The molecule has 0 atom stereocenters. The van der Waals surface area contributed by atoms with Crippen molar-refractivity contribution in [1.82, 2.24) is 9.47 Å². The highest BCUT2D eigenvalue weighted by Crippen LogP contribution is 2.39. The van der Waals surface area contributed by atoms with Gasteiger partial charge in [0.15, 0.2) is 0 Å². The summed E-state index contributed by atoms with van der Waals surface area (Å²) < 4.78 is 12.6. The average molecular weight is 509 g/mol. The smallest absolute Gasteiger partial charge is 0.322 e. The van der Waals surface area contributed by atoms with Crippen molar-refractivity contribution < 1.29 is 29.0 Å². The van der Waals surface area contributed by atoms with Gasteiger partial charge in [0.2, 0.25) is 5.91 Å². The second-order valence-corrected chi connectivity index (χ2v) is 10.4. The number of aryl methyl sites for hydroxylation is 2. The summed E-state index contributed by atoms with van der Waals surface area (Å²) in [5.41, 5.74) is 3.60. The average Bonchev–Trinajstić information content (AvgIpc) is 3.13. The number of ether oxygens (including phenoxy) is 2. The lowest BCUT2D eigenvalue weighted by atomic mass is 9.78. The first-order valence-corrected chi connectivity index (χ1v) is 12.2. The van der Waals surface area contributed by atoms with Crippen LogP contribution in [0.2, 0.25) is 0 Å². The van der Waals surface area contributed by atoms with Gasteiger partial charge >= 0.3 is 11.9 Å². The number of esters is 1. The fourth-order valence-corrected chi connectivity index (χ4v) is 4.86. The molecule has 0 bridgehead atoms. The van der Waals surface area contributed by atoms with Crippen molar-refractivity contribution in [1.29, 1.82) is 0 Å². The lowest BCUT2D eigenvalue weighted by Crippen LogP contribution is -2.27. The van der Waals surface area contributed by atoms with Crippen LogP contribution in [0.5, 0.6) is 11.5 Å². The first kappa shape index (κ1) is 27.9. The molecule has 0 amide bonds. The summed E-state index contributed by atoms with van der Waals surface area (Å²) in [5, 5.41) is 9.95. The molecule has 0 aliphatic heterocycles. The third kappa shape index (κ3) is 6.57. The Morgan fingerprint density at radius 1 is 1.08 bits per heavy atom. The number of aliphatic carboxylic acids is 1. The van der Waals surface area contributed by atoms with E-state index in [0.717, 1.165) is 46.3 Å².